The number of hydrogen-bond acceptors (Lipinski definition) is 4. The van der Waals surface area contributed by atoms with Crippen LogP contribution >= 0.6 is 0 Å². The summed E-state index contributed by atoms with van der Waals surface area (Å²) in [5.74, 6) is -1.09. The lowest BCUT2D eigenvalue weighted by atomic mass is 10.1. The van der Waals surface area contributed by atoms with Gasteiger partial charge in [-0.15, -0.1) is 0 Å². The van der Waals surface area contributed by atoms with E-state index >= 15 is 0 Å². The molecule has 2 N–H and O–H groups in total. The van der Waals surface area contributed by atoms with Crippen molar-refractivity contribution in [3.63, 3.8) is 0 Å². The third-order valence-electron chi connectivity index (χ3n) is 1.76. The van der Waals surface area contributed by atoms with Crippen LogP contribution in [0.5, 0.6) is 0 Å². The highest BCUT2D eigenvalue weighted by atomic mass is 16.5. The van der Waals surface area contributed by atoms with Gasteiger partial charge in [-0.25, -0.2) is 9.59 Å². The number of carbonyl (C=O) groups is 2. The van der Waals surface area contributed by atoms with Gasteiger partial charge in [-0.3, -0.25) is 0 Å². The molecule has 0 fully saturated rings. The van der Waals surface area contributed by atoms with Gasteiger partial charge in [-0.1, -0.05) is 12.7 Å². The Morgan fingerprint density at radius 2 is 2.25 bits per heavy atom. The smallest absolute Gasteiger partial charge is 0.408 e. The Morgan fingerprint density at radius 3 is 2.75 bits per heavy atom. The number of methoxy groups -OCH3 is 1. The number of alkyl carbamates (subject to hydrolysis) is 1. The highest BCUT2D eigenvalue weighted by Crippen LogP contribution is 1.98. The Kier molecular flexibility index (Phi) is 7.87. The number of aliphatic carboxylic acids is 1. The number of hydrogen-bond donors (Lipinski definition) is 2. The summed E-state index contributed by atoms with van der Waals surface area (Å²) in [5.41, 5.74) is 0. The van der Waals surface area contributed by atoms with Crippen LogP contribution in [0.15, 0.2) is 12.7 Å². The van der Waals surface area contributed by atoms with Crippen molar-refractivity contribution in [2.75, 3.05) is 20.3 Å². The number of carboxylic acid groups (broad SMARTS) is 1. The molecule has 6 heteroatoms. The van der Waals surface area contributed by atoms with Gasteiger partial charge in [0.25, 0.3) is 0 Å². The number of nitrogens with one attached hydrogen (secondary N) is 1. The number of amides is 1. The predicted molar refractivity (Wildman–Crippen MR) is 57.2 cm³/mol. The minimum absolute atomic E-state index is 0.0518. The van der Waals surface area contributed by atoms with Crippen LogP contribution in [0.25, 0.3) is 0 Å². The molecule has 0 heterocycles. The first-order chi connectivity index (χ1) is 7.61. The van der Waals surface area contributed by atoms with Crippen LogP contribution in [-0.2, 0) is 14.3 Å². The van der Waals surface area contributed by atoms with E-state index in [1.807, 2.05) is 0 Å². The maximum Gasteiger partial charge on any atom is 0.408 e. The third-order valence-corrected chi connectivity index (χ3v) is 1.76. The molecule has 0 spiro atoms. The van der Waals surface area contributed by atoms with Gasteiger partial charge >= 0.3 is 12.1 Å². The lowest BCUT2D eigenvalue weighted by Crippen LogP contribution is -2.41. The summed E-state index contributed by atoms with van der Waals surface area (Å²) in [7, 11) is 1.53. The molecule has 0 aliphatic carbocycles. The van der Waals surface area contributed by atoms with Gasteiger partial charge in [0.05, 0.1) is 0 Å². The third kappa shape index (κ3) is 6.83. The van der Waals surface area contributed by atoms with Crippen molar-refractivity contribution in [1.29, 1.82) is 0 Å². The van der Waals surface area contributed by atoms with Gasteiger partial charge in [0.2, 0.25) is 0 Å². The van der Waals surface area contributed by atoms with E-state index in [2.05, 4.69) is 16.6 Å². The van der Waals surface area contributed by atoms with E-state index in [1.54, 1.807) is 0 Å². The topological polar surface area (TPSA) is 84.9 Å². The van der Waals surface area contributed by atoms with Crippen molar-refractivity contribution in [3.8, 4) is 0 Å². The van der Waals surface area contributed by atoms with E-state index in [4.69, 9.17) is 9.84 Å². The van der Waals surface area contributed by atoms with Gasteiger partial charge in [-0.2, -0.15) is 0 Å². The lowest BCUT2D eigenvalue weighted by Gasteiger charge is -2.13. The molecule has 0 rings (SSSR count). The summed E-state index contributed by atoms with van der Waals surface area (Å²) in [6.45, 7) is 3.87. The fourth-order valence-corrected chi connectivity index (χ4v) is 1.01. The fraction of sp³-hybridized carbons (Fsp3) is 0.600. The Balaban J connectivity index is 3.96. The first-order valence-corrected chi connectivity index (χ1v) is 4.87. The second-order valence-electron chi connectivity index (χ2n) is 3.06. The van der Waals surface area contributed by atoms with Crippen LogP contribution in [0, 0.1) is 0 Å². The van der Waals surface area contributed by atoms with E-state index in [-0.39, 0.29) is 6.61 Å². The molecular weight excluding hydrogens is 214 g/mol. The Bertz CT molecular complexity index is 241. The molecule has 16 heavy (non-hydrogen) atoms. The molecule has 1 amide bonds. The quantitative estimate of drug-likeness (QED) is 0.476. The molecule has 0 aliphatic heterocycles. The molecule has 1 atom stereocenters. The predicted octanol–water partition coefficient (Wildman–Crippen LogP) is 0.778. The van der Waals surface area contributed by atoms with Crippen LogP contribution in [0.2, 0.25) is 0 Å². The van der Waals surface area contributed by atoms with Crippen molar-refractivity contribution >= 4 is 12.1 Å². The molecule has 0 radical (unpaired) electrons. The van der Waals surface area contributed by atoms with Crippen LogP contribution in [0.4, 0.5) is 4.79 Å². The van der Waals surface area contributed by atoms with Crippen molar-refractivity contribution < 1.29 is 24.2 Å². The van der Waals surface area contributed by atoms with Gasteiger partial charge in [0.15, 0.2) is 0 Å². The Morgan fingerprint density at radius 1 is 1.56 bits per heavy atom. The summed E-state index contributed by atoms with van der Waals surface area (Å²) < 4.78 is 9.41. The van der Waals surface area contributed by atoms with Gasteiger partial charge in [0, 0.05) is 13.7 Å². The van der Waals surface area contributed by atoms with E-state index < -0.39 is 18.1 Å². The maximum absolute atomic E-state index is 11.1. The number of carboxylic acids is 1. The highest BCUT2D eigenvalue weighted by Gasteiger charge is 2.19. The first kappa shape index (κ1) is 14.4. The van der Waals surface area contributed by atoms with Gasteiger partial charge in [-0.05, 0) is 12.8 Å². The average molecular weight is 231 g/mol. The molecular formula is C10H17NO5. The van der Waals surface area contributed by atoms with Crippen molar-refractivity contribution in [1.82, 2.24) is 5.32 Å². The SMILES string of the molecule is C=CCOC(=O)NC(CCCOC)C(=O)O. The molecule has 92 valence electrons. The number of rotatable bonds is 8. The Labute approximate surface area is 94.2 Å². The summed E-state index contributed by atoms with van der Waals surface area (Å²) >= 11 is 0. The van der Waals surface area contributed by atoms with E-state index in [0.717, 1.165) is 0 Å². The zero-order chi connectivity index (χ0) is 12.4. The van der Waals surface area contributed by atoms with Gasteiger partial charge < -0.3 is 19.9 Å². The summed E-state index contributed by atoms with van der Waals surface area (Å²) in [5, 5.41) is 11.1. The molecule has 0 aromatic heterocycles. The molecule has 0 aromatic rings. The van der Waals surface area contributed by atoms with Crippen molar-refractivity contribution in [2.24, 2.45) is 0 Å². The highest BCUT2D eigenvalue weighted by molar-refractivity contribution is 5.79. The van der Waals surface area contributed by atoms with E-state index in [0.29, 0.717) is 19.4 Å². The normalized spacial score (nSPS) is 11.6. The average Bonchev–Trinajstić information content (AvgIpc) is 2.25. The zero-order valence-corrected chi connectivity index (χ0v) is 9.27. The minimum Gasteiger partial charge on any atom is -0.480 e. The minimum atomic E-state index is -1.09. The molecule has 0 aromatic carbocycles. The van der Waals surface area contributed by atoms with E-state index in [1.165, 1.54) is 13.2 Å². The number of carbonyl (C=O) groups excluding carboxylic acids is 1. The van der Waals surface area contributed by atoms with Crippen LogP contribution < -0.4 is 5.32 Å². The molecule has 1 unspecified atom stereocenters. The second kappa shape index (κ2) is 8.72. The van der Waals surface area contributed by atoms with Crippen LogP contribution in [-0.4, -0.2) is 43.5 Å². The Hall–Kier alpha value is -1.56. The van der Waals surface area contributed by atoms with Crippen LogP contribution in [0.1, 0.15) is 12.8 Å². The van der Waals surface area contributed by atoms with Crippen molar-refractivity contribution in [2.45, 2.75) is 18.9 Å². The molecule has 0 bridgehead atoms. The maximum atomic E-state index is 11.1. The first-order valence-electron chi connectivity index (χ1n) is 4.87. The summed E-state index contributed by atoms with van der Waals surface area (Å²) in [4.78, 5) is 21.8. The number of ether oxygens (including phenoxy) is 2. The molecule has 6 nitrogen and oxygen atoms in total. The second-order valence-corrected chi connectivity index (χ2v) is 3.06. The van der Waals surface area contributed by atoms with Crippen LogP contribution in [0.3, 0.4) is 0 Å². The van der Waals surface area contributed by atoms with E-state index in [9.17, 15) is 9.59 Å². The van der Waals surface area contributed by atoms with Crippen molar-refractivity contribution in [3.05, 3.63) is 12.7 Å². The molecule has 0 saturated heterocycles. The molecule has 0 saturated carbocycles. The standard InChI is InChI=1S/C10H17NO5/c1-3-6-16-10(14)11-8(9(12)13)5-4-7-15-2/h3,8H,1,4-7H2,2H3,(H,11,14)(H,12,13). The largest absolute Gasteiger partial charge is 0.480 e. The monoisotopic (exact) mass is 231 g/mol. The fourth-order valence-electron chi connectivity index (χ4n) is 1.01. The lowest BCUT2D eigenvalue weighted by molar-refractivity contribution is -0.139. The summed E-state index contributed by atoms with van der Waals surface area (Å²) in [6.07, 6.45) is 1.49. The van der Waals surface area contributed by atoms with Gasteiger partial charge in [0.1, 0.15) is 12.6 Å². The summed E-state index contributed by atoms with van der Waals surface area (Å²) in [6, 6.07) is -0.951. The molecule has 0 aliphatic rings. The zero-order valence-electron chi connectivity index (χ0n) is 9.27.